The number of hydrogen-bond donors (Lipinski definition) is 2. The number of fused-ring (bicyclic) bond motifs is 3. The van der Waals surface area contributed by atoms with E-state index >= 15 is 0 Å². The quantitative estimate of drug-likeness (QED) is 0.411. The van der Waals surface area contributed by atoms with Crippen LogP contribution in [0.4, 0.5) is 4.39 Å². The summed E-state index contributed by atoms with van der Waals surface area (Å²) in [7, 11) is 0. The maximum Gasteiger partial charge on any atom is 0.354 e. The van der Waals surface area contributed by atoms with E-state index in [2.05, 4.69) is 9.97 Å². The van der Waals surface area contributed by atoms with Crippen molar-refractivity contribution in [3.8, 4) is 17.0 Å². The van der Waals surface area contributed by atoms with Crippen molar-refractivity contribution in [1.29, 1.82) is 0 Å². The van der Waals surface area contributed by atoms with Gasteiger partial charge in [-0.25, -0.2) is 14.2 Å². The highest BCUT2D eigenvalue weighted by Gasteiger charge is 2.17. The second-order valence-electron chi connectivity index (χ2n) is 6.84. The third-order valence-electron chi connectivity index (χ3n) is 4.88. The molecule has 3 aromatic heterocycles. The zero-order valence-corrected chi connectivity index (χ0v) is 15.6. The third kappa shape index (κ3) is 3.16. The Morgan fingerprint density at radius 2 is 1.93 bits per heavy atom. The summed E-state index contributed by atoms with van der Waals surface area (Å²) in [6.45, 7) is 0.375. The molecule has 148 valence electrons. The number of H-pyrrole nitrogens is 1. The van der Waals surface area contributed by atoms with Crippen molar-refractivity contribution in [2.75, 3.05) is 0 Å². The Labute approximate surface area is 169 Å². The topological polar surface area (TPSA) is 88.3 Å². The number of nitrogens with zero attached hydrogens (tertiary/aromatic N) is 1. The molecule has 30 heavy (non-hydrogen) atoms. The Balaban J connectivity index is 1.58. The molecule has 0 spiro atoms. The van der Waals surface area contributed by atoms with Gasteiger partial charge in [0.1, 0.15) is 23.9 Å². The Morgan fingerprint density at radius 1 is 1.10 bits per heavy atom. The van der Waals surface area contributed by atoms with Crippen molar-refractivity contribution < 1.29 is 23.4 Å². The molecule has 0 atom stereocenters. The molecule has 6 nitrogen and oxygen atoms in total. The predicted molar refractivity (Wildman–Crippen MR) is 109 cm³/mol. The molecule has 0 aliphatic heterocycles. The van der Waals surface area contributed by atoms with Crippen LogP contribution in [0.5, 0.6) is 5.75 Å². The Hall–Kier alpha value is -4.13. The number of carboxylic acid groups (broad SMARTS) is 1. The van der Waals surface area contributed by atoms with Crippen molar-refractivity contribution in [1.82, 2.24) is 9.97 Å². The van der Waals surface area contributed by atoms with E-state index in [1.54, 1.807) is 30.7 Å². The number of aromatic nitrogens is 2. The molecule has 0 unspecified atom stereocenters. The highest BCUT2D eigenvalue weighted by Crippen LogP contribution is 2.33. The maximum atomic E-state index is 13.7. The van der Waals surface area contributed by atoms with Gasteiger partial charge in [-0.15, -0.1) is 0 Å². The first-order valence-electron chi connectivity index (χ1n) is 9.18. The van der Waals surface area contributed by atoms with Crippen LogP contribution >= 0.6 is 0 Å². The van der Waals surface area contributed by atoms with Crippen molar-refractivity contribution in [3.05, 3.63) is 84.2 Å². The second kappa shape index (κ2) is 7.04. The van der Waals surface area contributed by atoms with Gasteiger partial charge in [0.15, 0.2) is 0 Å². The van der Waals surface area contributed by atoms with Gasteiger partial charge in [-0.1, -0.05) is 0 Å². The summed E-state index contributed by atoms with van der Waals surface area (Å²) in [5.74, 6) is -0.847. The fraction of sp³-hybridized carbons (Fsp3) is 0.0435. The van der Waals surface area contributed by atoms with Crippen LogP contribution in [0.25, 0.3) is 33.1 Å². The number of aromatic carboxylic acids is 1. The zero-order valence-electron chi connectivity index (χ0n) is 15.6. The van der Waals surface area contributed by atoms with Crippen LogP contribution in [0.3, 0.4) is 0 Å². The fourth-order valence-corrected chi connectivity index (χ4v) is 3.44. The van der Waals surface area contributed by atoms with Gasteiger partial charge in [-0.05, 0) is 54.6 Å². The van der Waals surface area contributed by atoms with Crippen LogP contribution in [0, 0.1) is 5.82 Å². The summed E-state index contributed by atoms with van der Waals surface area (Å²) in [5, 5.41) is 10.9. The van der Waals surface area contributed by atoms with Crippen molar-refractivity contribution >= 4 is 27.8 Å². The standard InChI is InChI=1S/C23H15FN2O4/c24-15-3-6-17-18-10-20(23(27)28)26-21(22(18)25-19(17)9-15)14-1-4-16(5-2-14)30-12-13-7-8-29-11-13/h1-11,25H,12H2,(H,27,28). The molecule has 0 saturated carbocycles. The summed E-state index contributed by atoms with van der Waals surface area (Å²) in [4.78, 5) is 19.1. The van der Waals surface area contributed by atoms with Crippen molar-refractivity contribution in [2.45, 2.75) is 6.61 Å². The van der Waals surface area contributed by atoms with E-state index in [0.717, 1.165) is 10.9 Å². The number of rotatable bonds is 5. The third-order valence-corrected chi connectivity index (χ3v) is 4.88. The van der Waals surface area contributed by atoms with Crippen molar-refractivity contribution in [2.24, 2.45) is 0 Å². The lowest BCUT2D eigenvalue weighted by Crippen LogP contribution is -2.01. The van der Waals surface area contributed by atoms with Crippen LogP contribution in [0.2, 0.25) is 0 Å². The molecule has 2 aromatic carbocycles. The van der Waals surface area contributed by atoms with Gasteiger partial charge in [-0.2, -0.15) is 0 Å². The van der Waals surface area contributed by atoms with Crippen LogP contribution in [0.1, 0.15) is 16.1 Å². The van der Waals surface area contributed by atoms with Gasteiger partial charge in [0, 0.05) is 27.4 Å². The molecule has 3 heterocycles. The normalized spacial score (nSPS) is 11.2. The van der Waals surface area contributed by atoms with Gasteiger partial charge in [-0.3, -0.25) is 0 Å². The number of carboxylic acids is 1. The number of pyridine rings is 1. The van der Waals surface area contributed by atoms with Gasteiger partial charge < -0.3 is 19.2 Å². The average Bonchev–Trinajstić information content (AvgIpc) is 3.39. The first-order chi connectivity index (χ1) is 14.6. The van der Waals surface area contributed by atoms with E-state index in [1.807, 2.05) is 18.2 Å². The van der Waals surface area contributed by atoms with Gasteiger partial charge in [0.05, 0.1) is 23.7 Å². The Morgan fingerprint density at radius 3 is 2.67 bits per heavy atom. The molecule has 0 aliphatic carbocycles. The molecule has 0 radical (unpaired) electrons. The molecule has 5 rings (SSSR count). The Bertz CT molecular complexity index is 1370. The molecule has 0 fully saturated rings. The number of carbonyl (C=O) groups is 1. The number of furan rings is 1. The van der Waals surface area contributed by atoms with E-state index in [0.29, 0.717) is 40.0 Å². The molecule has 0 amide bonds. The number of nitrogens with one attached hydrogen (secondary N) is 1. The molecule has 0 saturated heterocycles. The molecular weight excluding hydrogens is 387 g/mol. The average molecular weight is 402 g/mol. The molecule has 7 heteroatoms. The predicted octanol–water partition coefficient (Wildman–Crippen LogP) is 5.39. The fourth-order valence-electron chi connectivity index (χ4n) is 3.44. The highest BCUT2D eigenvalue weighted by atomic mass is 19.1. The van der Waals surface area contributed by atoms with Gasteiger partial charge >= 0.3 is 5.97 Å². The first-order valence-corrected chi connectivity index (χ1v) is 9.18. The van der Waals surface area contributed by atoms with Crippen LogP contribution < -0.4 is 4.74 Å². The first kappa shape index (κ1) is 17.9. The lowest BCUT2D eigenvalue weighted by molar-refractivity contribution is 0.0691. The van der Waals surface area contributed by atoms with E-state index in [-0.39, 0.29) is 11.5 Å². The number of benzene rings is 2. The minimum absolute atomic E-state index is 0.0805. The number of aromatic amines is 1. The highest BCUT2D eigenvalue weighted by molar-refractivity contribution is 6.12. The summed E-state index contributed by atoms with van der Waals surface area (Å²) < 4.78 is 24.4. The van der Waals surface area contributed by atoms with Crippen LogP contribution in [-0.2, 0) is 6.61 Å². The summed E-state index contributed by atoms with van der Waals surface area (Å²) in [6, 6.07) is 14.9. The maximum absolute atomic E-state index is 13.7. The number of hydrogen-bond acceptors (Lipinski definition) is 4. The molecular formula is C23H15FN2O4. The monoisotopic (exact) mass is 402 g/mol. The van der Waals surface area contributed by atoms with Crippen LogP contribution in [0.15, 0.2) is 71.5 Å². The van der Waals surface area contributed by atoms with E-state index in [9.17, 15) is 14.3 Å². The summed E-state index contributed by atoms with van der Waals surface area (Å²) in [6.07, 6.45) is 3.20. The molecule has 0 bridgehead atoms. The zero-order chi connectivity index (χ0) is 20.7. The second-order valence-corrected chi connectivity index (χ2v) is 6.84. The molecule has 2 N–H and O–H groups in total. The largest absolute Gasteiger partial charge is 0.489 e. The lowest BCUT2D eigenvalue weighted by atomic mass is 10.1. The van der Waals surface area contributed by atoms with E-state index in [4.69, 9.17) is 9.15 Å². The summed E-state index contributed by atoms with van der Waals surface area (Å²) >= 11 is 0. The Kier molecular flexibility index (Phi) is 4.21. The van der Waals surface area contributed by atoms with E-state index in [1.165, 1.54) is 18.2 Å². The number of ether oxygens (including phenoxy) is 1. The molecule has 5 aromatic rings. The minimum atomic E-state index is -1.13. The smallest absolute Gasteiger partial charge is 0.354 e. The lowest BCUT2D eigenvalue weighted by Gasteiger charge is -2.08. The van der Waals surface area contributed by atoms with Gasteiger partial charge in [0.2, 0.25) is 0 Å². The minimum Gasteiger partial charge on any atom is -0.489 e. The molecule has 0 aliphatic rings. The van der Waals surface area contributed by atoms with Gasteiger partial charge in [0.25, 0.3) is 0 Å². The summed E-state index contributed by atoms with van der Waals surface area (Å²) in [5.41, 5.74) is 3.25. The SMILES string of the molecule is O=C(O)c1cc2c([nH]c3cc(F)ccc32)c(-c2ccc(OCc3ccoc3)cc2)n1. The van der Waals surface area contributed by atoms with E-state index < -0.39 is 5.97 Å². The van der Waals surface area contributed by atoms with Crippen molar-refractivity contribution in [3.63, 3.8) is 0 Å². The van der Waals surface area contributed by atoms with Crippen LogP contribution in [-0.4, -0.2) is 21.0 Å². The number of halogens is 1.